The van der Waals surface area contributed by atoms with Gasteiger partial charge >= 0.3 is 5.97 Å². The molecule has 0 bridgehead atoms. The van der Waals surface area contributed by atoms with Crippen LogP contribution in [0.4, 0.5) is 10.2 Å². The molecule has 0 amide bonds. The summed E-state index contributed by atoms with van der Waals surface area (Å²) in [6.07, 6.45) is 3.68. The summed E-state index contributed by atoms with van der Waals surface area (Å²) in [5, 5.41) is 3.21. The highest BCUT2D eigenvalue weighted by molar-refractivity contribution is 5.99. The number of anilines is 1. The number of esters is 1. The molecule has 0 spiro atoms. The van der Waals surface area contributed by atoms with Crippen LogP contribution >= 0.6 is 0 Å². The Morgan fingerprint density at radius 1 is 1.13 bits per heavy atom. The van der Waals surface area contributed by atoms with Gasteiger partial charge in [-0.15, -0.1) is 0 Å². The van der Waals surface area contributed by atoms with E-state index in [0.29, 0.717) is 17.4 Å². The molecule has 1 aromatic heterocycles. The Morgan fingerprint density at radius 3 is 2.43 bits per heavy atom. The van der Waals surface area contributed by atoms with Gasteiger partial charge in [0.15, 0.2) is 12.4 Å². The second kappa shape index (κ2) is 6.56. The molecular formula is C17H15FN2O3. The molecule has 2 aromatic rings. The van der Waals surface area contributed by atoms with Crippen LogP contribution in [0.3, 0.4) is 0 Å². The molecule has 1 aliphatic rings. The first kappa shape index (κ1) is 15.1. The number of nitrogens with one attached hydrogen (secondary N) is 1. The molecule has 0 radical (unpaired) electrons. The van der Waals surface area contributed by atoms with Crippen LogP contribution in [0.1, 0.15) is 33.6 Å². The van der Waals surface area contributed by atoms with Crippen molar-refractivity contribution in [1.29, 1.82) is 0 Å². The number of carbonyl (C=O) groups excluding carboxylic acids is 2. The van der Waals surface area contributed by atoms with Gasteiger partial charge in [-0.2, -0.15) is 0 Å². The fraction of sp³-hybridized carbons (Fsp3) is 0.235. The van der Waals surface area contributed by atoms with E-state index in [1.807, 2.05) is 0 Å². The van der Waals surface area contributed by atoms with Crippen molar-refractivity contribution in [3.63, 3.8) is 0 Å². The monoisotopic (exact) mass is 314 g/mol. The van der Waals surface area contributed by atoms with Crippen LogP contribution in [0, 0.1) is 5.82 Å². The number of pyridine rings is 1. The van der Waals surface area contributed by atoms with E-state index in [4.69, 9.17) is 4.74 Å². The number of ketones is 1. The number of nitrogens with zero attached hydrogens (tertiary/aromatic N) is 1. The molecule has 1 fully saturated rings. The molecule has 3 rings (SSSR count). The number of halogens is 1. The van der Waals surface area contributed by atoms with Crippen LogP contribution in [0.25, 0.3) is 0 Å². The van der Waals surface area contributed by atoms with Crippen molar-refractivity contribution in [2.45, 2.75) is 18.9 Å². The molecule has 0 aliphatic heterocycles. The molecule has 118 valence electrons. The predicted molar refractivity (Wildman–Crippen MR) is 81.9 cm³/mol. The highest BCUT2D eigenvalue weighted by Gasteiger charge is 2.21. The summed E-state index contributed by atoms with van der Waals surface area (Å²) in [6.45, 7) is -0.396. The molecule has 5 nitrogen and oxygen atoms in total. The molecule has 1 aliphatic carbocycles. The molecule has 1 saturated carbocycles. The first-order chi connectivity index (χ1) is 11.1. The lowest BCUT2D eigenvalue weighted by Crippen LogP contribution is -2.14. The number of carbonyl (C=O) groups is 2. The number of rotatable bonds is 6. The van der Waals surface area contributed by atoms with E-state index in [9.17, 15) is 14.0 Å². The van der Waals surface area contributed by atoms with Gasteiger partial charge in [0.05, 0.1) is 5.56 Å². The number of Topliss-reactive ketones (excluding diaryl/α,β-unsaturated/α-hetero) is 1. The fourth-order valence-electron chi connectivity index (χ4n) is 1.97. The molecule has 0 saturated heterocycles. The second-order valence-corrected chi connectivity index (χ2v) is 5.36. The highest BCUT2D eigenvalue weighted by Crippen LogP contribution is 2.23. The molecule has 23 heavy (non-hydrogen) atoms. The lowest BCUT2D eigenvalue weighted by molar-refractivity contribution is 0.0474. The Kier molecular flexibility index (Phi) is 4.32. The van der Waals surface area contributed by atoms with Gasteiger partial charge in [0.1, 0.15) is 11.6 Å². The summed E-state index contributed by atoms with van der Waals surface area (Å²) in [6, 6.07) is 8.86. The first-order valence-electron chi connectivity index (χ1n) is 7.30. The molecule has 0 unspecified atom stereocenters. The van der Waals surface area contributed by atoms with Gasteiger partial charge in [-0.3, -0.25) is 4.79 Å². The van der Waals surface area contributed by atoms with Crippen LogP contribution in [-0.2, 0) is 4.74 Å². The van der Waals surface area contributed by atoms with Crippen LogP contribution in [-0.4, -0.2) is 29.4 Å². The largest absolute Gasteiger partial charge is 0.454 e. The minimum Gasteiger partial charge on any atom is -0.454 e. The number of hydrogen-bond acceptors (Lipinski definition) is 5. The van der Waals surface area contributed by atoms with E-state index in [1.54, 1.807) is 12.1 Å². The van der Waals surface area contributed by atoms with Crippen molar-refractivity contribution in [2.24, 2.45) is 0 Å². The third-order valence-corrected chi connectivity index (χ3v) is 3.43. The zero-order valence-electron chi connectivity index (χ0n) is 12.3. The summed E-state index contributed by atoms with van der Waals surface area (Å²) in [5.41, 5.74) is 0.569. The van der Waals surface area contributed by atoms with E-state index in [0.717, 1.165) is 12.8 Å². The Morgan fingerprint density at radius 2 is 1.83 bits per heavy atom. The maximum Gasteiger partial charge on any atom is 0.340 e. The average Bonchev–Trinajstić information content (AvgIpc) is 3.37. The van der Waals surface area contributed by atoms with Gasteiger partial charge < -0.3 is 10.1 Å². The van der Waals surface area contributed by atoms with Crippen LogP contribution in [0.5, 0.6) is 0 Å². The highest BCUT2D eigenvalue weighted by atomic mass is 19.1. The molecule has 0 atom stereocenters. The summed E-state index contributed by atoms with van der Waals surface area (Å²) in [4.78, 5) is 27.9. The van der Waals surface area contributed by atoms with Crippen molar-refractivity contribution in [3.05, 3.63) is 59.5 Å². The van der Waals surface area contributed by atoms with Crippen molar-refractivity contribution >= 4 is 17.6 Å². The van der Waals surface area contributed by atoms with Crippen molar-refractivity contribution in [1.82, 2.24) is 4.98 Å². The maximum atomic E-state index is 12.8. The van der Waals surface area contributed by atoms with Gasteiger partial charge in [0.2, 0.25) is 0 Å². The molecule has 1 aromatic carbocycles. The smallest absolute Gasteiger partial charge is 0.340 e. The summed E-state index contributed by atoms with van der Waals surface area (Å²) in [7, 11) is 0. The van der Waals surface area contributed by atoms with Crippen molar-refractivity contribution in [3.8, 4) is 0 Å². The van der Waals surface area contributed by atoms with E-state index >= 15 is 0 Å². The molecule has 1 N–H and O–H groups in total. The average molecular weight is 314 g/mol. The summed E-state index contributed by atoms with van der Waals surface area (Å²) >= 11 is 0. The van der Waals surface area contributed by atoms with Crippen LogP contribution in [0.15, 0.2) is 42.6 Å². The summed E-state index contributed by atoms with van der Waals surface area (Å²) in [5.74, 6) is -0.722. The van der Waals surface area contributed by atoms with Crippen molar-refractivity contribution in [2.75, 3.05) is 11.9 Å². The van der Waals surface area contributed by atoms with Gasteiger partial charge in [-0.05, 0) is 49.2 Å². The topological polar surface area (TPSA) is 68.3 Å². The quantitative estimate of drug-likeness (QED) is 0.656. The Balaban J connectivity index is 1.53. The zero-order valence-corrected chi connectivity index (χ0v) is 12.3. The van der Waals surface area contributed by atoms with Crippen LogP contribution in [0.2, 0.25) is 0 Å². The van der Waals surface area contributed by atoms with Gasteiger partial charge in [-0.25, -0.2) is 14.2 Å². The summed E-state index contributed by atoms with van der Waals surface area (Å²) < 4.78 is 17.8. The number of aromatic nitrogens is 1. The maximum absolute atomic E-state index is 12.8. The van der Waals surface area contributed by atoms with Gasteiger partial charge in [-0.1, -0.05) is 0 Å². The van der Waals surface area contributed by atoms with E-state index in [2.05, 4.69) is 10.3 Å². The van der Waals surface area contributed by atoms with Gasteiger partial charge in [0.25, 0.3) is 0 Å². The van der Waals surface area contributed by atoms with E-state index in [-0.39, 0.29) is 5.56 Å². The molecule has 6 heteroatoms. The van der Waals surface area contributed by atoms with Gasteiger partial charge in [0, 0.05) is 17.8 Å². The fourth-order valence-corrected chi connectivity index (χ4v) is 1.97. The Labute approximate surface area is 132 Å². The molecule has 1 heterocycles. The number of ether oxygens (including phenoxy) is 1. The Bertz CT molecular complexity index is 710. The first-order valence-corrected chi connectivity index (χ1v) is 7.30. The number of hydrogen-bond donors (Lipinski definition) is 1. The normalized spacial score (nSPS) is 13.4. The standard InChI is InChI=1S/C17H15FN2O3/c18-13-4-1-11(2-5-13)15(21)10-23-17(22)12-3-8-16(19-9-12)20-14-6-7-14/h1-5,8-9,14H,6-7,10H2,(H,19,20). The Hall–Kier alpha value is -2.76. The lowest BCUT2D eigenvalue weighted by atomic mass is 10.1. The predicted octanol–water partition coefficient (Wildman–Crippen LogP) is 2.83. The molecular weight excluding hydrogens is 299 g/mol. The van der Waals surface area contributed by atoms with E-state index < -0.39 is 24.2 Å². The zero-order chi connectivity index (χ0) is 16.2. The third-order valence-electron chi connectivity index (χ3n) is 3.43. The third kappa shape index (κ3) is 4.12. The number of benzene rings is 1. The minimum absolute atomic E-state index is 0.276. The van der Waals surface area contributed by atoms with E-state index in [1.165, 1.54) is 30.5 Å². The van der Waals surface area contributed by atoms with Crippen LogP contribution < -0.4 is 5.32 Å². The SMILES string of the molecule is O=C(COC(=O)c1ccc(NC2CC2)nc1)c1ccc(F)cc1. The second-order valence-electron chi connectivity index (χ2n) is 5.36. The van der Waals surface area contributed by atoms with Crippen molar-refractivity contribution < 1.29 is 18.7 Å². The lowest BCUT2D eigenvalue weighted by Gasteiger charge is -2.06. The minimum atomic E-state index is -0.620.